The van der Waals surface area contributed by atoms with E-state index < -0.39 is 0 Å². The zero-order chi connectivity index (χ0) is 7.94. The second-order valence-corrected chi connectivity index (χ2v) is 4.02. The van der Waals surface area contributed by atoms with Gasteiger partial charge < -0.3 is 0 Å². The lowest BCUT2D eigenvalue weighted by molar-refractivity contribution is 1.10. The summed E-state index contributed by atoms with van der Waals surface area (Å²) in [7, 11) is 1.11. The van der Waals surface area contributed by atoms with Gasteiger partial charge in [0.05, 0.1) is 0 Å². The minimum Gasteiger partial charge on any atom is -0.118 e. The monoisotopic (exact) mass is 246 g/mol. The van der Waals surface area contributed by atoms with E-state index in [4.69, 9.17) is 0 Å². The van der Waals surface area contributed by atoms with E-state index in [0.29, 0.717) is 0 Å². The van der Waals surface area contributed by atoms with Crippen LogP contribution in [0, 0.1) is 0 Å². The predicted octanol–water partition coefficient (Wildman–Crippen LogP) is 3.85. The Morgan fingerprint density at radius 1 is 1.17 bits per heavy atom. The molecule has 0 spiro atoms. The molecule has 0 saturated heterocycles. The normalized spacial score (nSPS) is 10.1. The molecule has 2 heteroatoms. The average molecular weight is 247 g/mol. The van der Waals surface area contributed by atoms with E-state index in [1.807, 2.05) is 0 Å². The summed E-state index contributed by atoms with van der Waals surface area (Å²) in [5.74, 6) is 0. The van der Waals surface area contributed by atoms with E-state index in [1.54, 1.807) is 0 Å². The maximum atomic E-state index is 2.25. The fraction of sp³-hybridized carbons (Fsp3) is 0.400. The van der Waals surface area contributed by atoms with Crippen LogP contribution in [-0.2, 0) is 6.16 Å². The van der Waals surface area contributed by atoms with Gasteiger partial charge in [-0.2, -0.15) is 0 Å². The molecule has 68 valence electrons. The zero-order valence-corrected chi connectivity index (χ0v) is 10.1. The minimum atomic E-state index is 0. The van der Waals surface area contributed by atoms with Gasteiger partial charge in [-0.1, -0.05) is 43.7 Å². The third-order valence-electron chi connectivity index (χ3n) is 1.60. The Kier molecular flexibility index (Phi) is 7.85. The molecule has 1 atom stereocenters. The van der Waals surface area contributed by atoms with E-state index in [9.17, 15) is 0 Å². The van der Waals surface area contributed by atoms with Gasteiger partial charge >= 0.3 is 0 Å². The second kappa shape index (κ2) is 7.76. The van der Waals surface area contributed by atoms with E-state index >= 15 is 0 Å². The van der Waals surface area contributed by atoms with Crippen molar-refractivity contribution < 1.29 is 0 Å². The van der Waals surface area contributed by atoms with E-state index in [1.165, 1.54) is 24.3 Å². The number of halogens is 1. The first kappa shape index (κ1) is 12.1. The van der Waals surface area contributed by atoms with Crippen LogP contribution in [0.2, 0.25) is 0 Å². The third kappa shape index (κ3) is 4.90. The van der Waals surface area contributed by atoms with Crippen LogP contribution in [0.3, 0.4) is 0 Å². The molecule has 0 heterocycles. The number of rotatable bonds is 4. The fourth-order valence-corrected chi connectivity index (χ4v) is 2.06. The highest BCUT2D eigenvalue weighted by Gasteiger charge is 1.88. The molecule has 1 rings (SSSR count). The molecule has 1 aromatic carbocycles. The minimum absolute atomic E-state index is 0. The van der Waals surface area contributed by atoms with Gasteiger partial charge in [0, 0.05) is 0 Å². The topological polar surface area (TPSA) is 0 Å². The Bertz CT molecular complexity index is 186. The van der Waals surface area contributed by atoms with Crippen molar-refractivity contribution in [1.82, 2.24) is 0 Å². The van der Waals surface area contributed by atoms with Crippen molar-refractivity contribution >= 4 is 25.6 Å². The van der Waals surface area contributed by atoms with Crippen LogP contribution in [0.15, 0.2) is 30.3 Å². The van der Waals surface area contributed by atoms with E-state index in [0.717, 1.165) is 8.58 Å². The maximum absolute atomic E-state index is 2.25. The van der Waals surface area contributed by atoms with Crippen LogP contribution < -0.4 is 0 Å². The van der Waals surface area contributed by atoms with Gasteiger partial charge in [0.25, 0.3) is 0 Å². The van der Waals surface area contributed by atoms with E-state index in [2.05, 4.69) is 37.3 Å². The van der Waals surface area contributed by atoms with Crippen molar-refractivity contribution in [3.63, 3.8) is 0 Å². The van der Waals surface area contributed by atoms with Crippen LogP contribution in [0.1, 0.15) is 18.9 Å². The summed E-state index contributed by atoms with van der Waals surface area (Å²) in [6.45, 7) is 2.25. The fourth-order valence-electron chi connectivity index (χ4n) is 1.01. The number of hydrogen-bond acceptors (Lipinski definition) is 0. The molecule has 1 unspecified atom stereocenters. The summed E-state index contributed by atoms with van der Waals surface area (Å²) in [5, 5.41) is 0. The highest BCUT2D eigenvalue weighted by atomic mass is 79.9. The lowest BCUT2D eigenvalue weighted by Crippen LogP contribution is -1.77. The Morgan fingerprint density at radius 2 is 1.83 bits per heavy atom. The lowest BCUT2D eigenvalue weighted by atomic mass is 10.2. The van der Waals surface area contributed by atoms with Crippen molar-refractivity contribution in [1.29, 1.82) is 0 Å². The number of benzene rings is 1. The molecule has 0 saturated carbocycles. The first-order chi connectivity index (χ1) is 5.43. The van der Waals surface area contributed by atoms with Crippen LogP contribution in [-0.4, -0.2) is 6.16 Å². The maximum Gasteiger partial charge on any atom is -0.0101 e. The second-order valence-electron chi connectivity index (χ2n) is 2.66. The molecule has 0 radical (unpaired) electrons. The largest absolute Gasteiger partial charge is 0.118 e. The molecule has 0 bridgehead atoms. The highest BCUT2D eigenvalue weighted by Crippen LogP contribution is 2.18. The Labute approximate surface area is 87.3 Å². The van der Waals surface area contributed by atoms with Gasteiger partial charge in [0.15, 0.2) is 0 Å². The zero-order valence-electron chi connectivity index (χ0n) is 7.42. The van der Waals surface area contributed by atoms with Crippen LogP contribution >= 0.6 is 25.6 Å². The van der Waals surface area contributed by atoms with E-state index in [-0.39, 0.29) is 17.0 Å². The van der Waals surface area contributed by atoms with Gasteiger partial charge in [0.2, 0.25) is 0 Å². The summed E-state index contributed by atoms with van der Waals surface area (Å²) in [6.07, 6.45) is 3.98. The van der Waals surface area contributed by atoms with Gasteiger partial charge in [-0.25, -0.2) is 0 Å². The van der Waals surface area contributed by atoms with Crippen molar-refractivity contribution in [2.75, 3.05) is 6.16 Å². The van der Waals surface area contributed by atoms with Gasteiger partial charge in [0.1, 0.15) is 0 Å². The van der Waals surface area contributed by atoms with Crippen LogP contribution in [0.5, 0.6) is 0 Å². The van der Waals surface area contributed by atoms with Crippen molar-refractivity contribution in [3.05, 3.63) is 35.9 Å². The SMILES string of the molecule is Br.CCCPCc1ccccc1. The van der Waals surface area contributed by atoms with Gasteiger partial charge in [-0.3, -0.25) is 0 Å². The average Bonchev–Trinajstić information content (AvgIpc) is 2.07. The molecule has 0 aromatic heterocycles. The molecule has 0 fully saturated rings. The number of hydrogen-bond donors (Lipinski definition) is 0. The molecular formula is C10H16BrP. The summed E-state index contributed by atoms with van der Waals surface area (Å²) >= 11 is 0. The Hall–Kier alpha value is 0.130. The first-order valence-electron chi connectivity index (χ1n) is 4.18. The molecule has 0 nitrogen and oxygen atoms in total. The quantitative estimate of drug-likeness (QED) is 0.560. The van der Waals surface area contributed by atoms with Crippen molar-refractivity contribution in [2.45, 2.75) is 19.5 Å². The van der Waals surface area contributed by atoms with Crippen LogP contribution in [0.4, 0.5) is 0 Å². The van der Waals surface area contributed by atoms with Crippen LogP contribution in [0.25, 0.3) is 0 Å². The highest BCUT2D eigenvalue weighted by molar-refractivity contribution is 8.93. The van der Waals surface area contributed by atoms with Gasteiger partial charge in [-0.15, -0.1) is 25.6 Å². The lowest BCUT2D eigenvalue weighted by Gasteiger charge is -1.98. The summed E-state index contributed by atoms with van der Waals surface area (Å²) in [6, 6.07) is 10.7. The standard InChI is InChI=1S/C10H15P.BrH/c1-2-8-11-9-10-6-4-3-5-7-10;/h3-7,11H,2,8-9H2,1H3;1H. The van der Waals surface area contributed by atoms with Crippen molar-refractivity contribution in [2.24, 2.45) is 0 Å². The summed E-state index contributed by atoms with van der Waals surface area (Å²) in [5.41, 5.74) is 1.49. The molecular weight excluding hydrogens is 231 g/mol. The Balaban J connectivity index is 0.00000121. The molecule has 1 aromatic rings. The first-order valence-corrected chi connectivity index (χ1v) is 5.59. The molecule has 0 amide bonds. The summed E-state index contributed by atoms with van der Waals surface area (Å²) in [4.78, 5) is 0. The summed E-state index contributed by atoms with van der Waals surface area (Å²) < 4.78 is 0. The van der Waals surface area contributed by atoms with Gasteiger partial charge in [-0.05, 0) is 17.9 Å². The Morgan fingerprint density at radius 3 is 2.42 bits per heavy atom. The molecule has 0 N–H and O–H groups in total. The third-order valence-corrected chi connectivity index (χ3v) is 3.11. The molecule has 12 heavy (non-hydrogen) atoms. The molecule has 0 aliphatic rings. The molecule has 0 aliphatic carbocycles. The predicted molar refractivity (Wildman–Crippen MR) is 63.9 cm³/mol. The van der Waals surface area contributed by atoms with Crippen molar-refractivity contribution in [3.8, 4) is 0 Å². The smallest absolute Gasteiger partial charge is 0.0101 e. The molecule has 0 aliphatic heterocycles.